The second-order valence-corrected chi connectivity index (χ2v) is 5.10. The summed E-state index contributed by atoms with van der Waals surface area (Å²) in [6.07, 6.45) is 1.80. The number of ketones is 1. The van der Waals surface area contributed by atoms with Gasteiger partial charge in [-0.05, 0) is 51.2 Å². The lowest BCUT2D eigenvalue weighted by molar-refractivity contribution is 0.0925. The van der Waals surface area contributed by atoms with E-state index in [1.54, 1.807) is 6.07 Å². The van der Waals surface area contributed by atoms with Crippen LogP contribution in [0, 0.1) is 5.92 Å². The third-order valence-electron chi connectivity index (χ3n) is 3.10. The Bertz CT molecular complexity index is 414. The van der Waals surface area contributed by atoms with Crippen molar-refractivity contribution in [2.24, 2.45) is 5.92 Å². The van der Waals surface area contributed by atoms with Gasteiger partial charge in [0, 0.05) is 16.5 Å². The molecule has 0 N–H and O–H groups in total. The molecule has 1 aliphatic rings. The average molecular weight is 238 g/mol. The predicted octanol–water partition coefficient (Wildman–Crippen LogP) is 2.65. The lowest BCUT2D eigenvalue weighted by Crippen LogP contribution is -2.19. The molecule has 2 nitrogen and oxygen atoms in total. The molecule has 0 amide bonds. The third kappa shape index (κ3) is 2.28. The quantitative estimate of drug-likeness (QED) is 0.806. The zero-order valence-corrected chi connectivity index (χ0v) is 10.4. The summed E-state index contributed by atoms with van der Waals surface area (Å²) in [5.74, 6) is 0.412. The molecule has 0 spiro atoms. The fourth-order valence-corrected chi connectivity index (χ4v) is 2.35. The highest BCUT2D eigenvalue weighted by atomic mass is 35.5. The molecule has 2 rings (SSSR count). The van der Waals surface area contributed by atoms with Crippen molar-refractivity contribution in [1.29, 1.82) is 0 Å². The second kappa shape index (κ2) is 4.56. The summed E-state index contributed by atoms with van der Waals surface area (Å²) in [5, 5.41) is 0.653. The van der Waals surface area contributed by atoms with Crippen LogP contribution in [-0.2, 0) is 6.42 Å². The zero-order valence-electron chi connectivity index (χ0n) is 9.66. The van der Waals surface area contributed by atoms with Crippen LogP contribution in [0.3, 0.4) is 0 Å². The van der Waals surface area contributed by atoms with E-state index in [0.29, 0.717) is 5.02 Å². The Kier molecular flexibility index (Phi) is 3.31. The molecule has 0 unspecified atom stereocenters. The van der Waals surface area contributed by atoms with Crippen LogP contribution in [-0.4, -0.2) is 31.3 Å². The Balaban J connectivity index is 2.12. The Hall–Kier alpha value is -0.860. The molecule has 1 aromatic rings. The van der Waals surface area contributed by atoms with Gasteiger partial charge in [0.25, 0.3) is 0 Å². The van der Waals surface area contributed by atoms with E-state index in [1.807, 2.05) is 26.2 Å². The van der Waals surface area contributed by atoms with Gasteiger partial charge in [-0.15, -0.1) is 0 Å². The largest absolute Gasteiger partial charge is 0.309 e. The van der Waals surface area contributed by atoms with Gasteiger partial charge >= 0.3 is 0 Å². The number of hydrogen-bond acceptors (Lipinski definition) is 2. The van der Waals surface area contributed by atoms with Gasteiger partial charge in [-0.3, -0.25) is 4.79 Å². The van der Waals surface area contributed by atoms with E-state index in [2.05, 4.69) is 4.90 Å². The Morgan fingerprint density at radius 2 is 2.19 bits per heavy atom. The first kappa shape index (κ1) is 11.6. The van der Waals surface area contributed by atoms with Crippen molar-refractivity contribution in [3.8, 4) is 0 Å². The minimum absolute atomic E-state index is 0.149. The molecule has 3 heteroatoms. The number of halogens is 1. The van der Waals surface area contributed by atoms with Crippen LogP contribution in [0.4, 0.5) is 0 Å². The molecule has 0 aromatic heterocycles. The summed E-state index contributed by atoms with van der Waals surface area (Å²) in [4.78, 5) is 14.2. The molecular formula is C13H16ClNO. The second-order valence-electron chi connectivity index (χ2n) is 4.66. The summed E-state index contributed by atoms with van der Waals surface area (Å²) in [6.45, 7) is 0.956. The summed E-state index contributed by atoms with van der Waals surface area (Å²) in [6, 6.07) is 5.64. The molecule has 1 atom stereocenters. The average Bonchev–Trinajstić information content (AvgIpc) is 2.53. The van der Waals surface area contributed by atoms with Crippen molar-refractivity contribution < 1.29 is 4.79 Å². The van der Waals surface area contributed by atoms with Gasteiger partial charge in [-0.25, -0.2) is 0 Å². The number of Topliss-reactive ketones (excluding diaryl/α,β-unsaturated/α-hetero) is 1. The van der Waals surface area contributed by atoms with Crippen LogP contribution in [0.5, 0.6) is 0 Å². The first-order valence-electron chi connectivity index (χ1n) is 5.55. The molecule has 0 saturated heterocycles. The molecule has 1 aromatic carbocycles. The van der Waals surface area contributed by atoms with Gasteiger partial charge in [0.05, 0.1) is 0 Å². The molecule has 0 heterocycles. The monoisotopic (exact) mass is 237 g/mol. The highest BCUT2D eigenvalue weighted by Gasteiger charge is 2.30. The third-order valence-corrected chi connectivity index (χ3v) is 3.33. The fraction of sp³-hybridized carbons (Fsp3) is 0.462. The van der Waals surface area contributed by atoms with Crippen molar-refractivity contribution in [3.63, 3.8) is 0 Å². The van der Waals surface area contributed by atoms with E-state index in [4.69, 9.17) is 11.6 Å². The van der Waals surface area contributed by atoms with Gasteiger partial charge < -0.3 is 4.90 Å². The summed E-state index contributed by atoms with van der Waals surface area (Å²) in [5.41, 5.74) is 1.98. The van der Waals surface area contributed by atoms with Gasteiger partial charge in [0.2, 0.25) is 0 Å². The van der Waals surface area contributed by atoms with Crippen LogP contribution in [0.15, 0.2) is 18.2 Å². The van der Waals surface area contributed by atoms with Gasteiger partial charge in [-0.2, -0.15) is 0 Å². The molecule has 0 bridgehead atoms. The van der Waals surface area contributed by atoms with Crippen molar-refractivity contribution in [3.05, 3.63) is 34.3 Å². The lowest BCUT2D eigenvalue weighted by Gasteiger charge is -2.12. The van der Waals surface area contributed by atoms with Gasteiger partial charge in [0.1, 0.15) is 0 Å². The number of hydrogen-bond donors (Lipinski definition) is 0. The molecule has 0 aliphatic heterocycles. The number of benzene rings is 1. The van der Waals surface area contributed by atoms with E-state index in [1.165, 1.54) is 0 Å². The number of rotatable bonds is 3. The number of carbonyl (C=O) groups is 1. The minimum Gasteiger partial charge on any atom is -0.309 e. The maximum atomic E-state index is 12.1. The van der Waals surface area contributed by atoms with Gasteiger partial charge in [0.15, 0.2) is 5.78 Å². The summed E-state index contributed by atoms with van der Waals surface area (Å²) < 4.78 is 0. The predicted molar refractivity (Wildman–Crippen MR) is 66.1 cm³/mol. The highest BCUT2D eigenvalue weighted by Crippen LogP contribution is 2.30. The van der Waals surface area contributed by atoms with Crippen LogP contribution in [0.25, 0.3) is 0 Å². The van der Waals surface area contributed by atoms with Crippen molar-refractivity contribution in [2.45, 2.75) is 12.8 Å². The molecule has 1 aliphatic carbocycles. The maximum Gasteiger partial charge on any atom is 0.166 e. The molecule has 16 heavy (non-hydrogen) atoms. The van der Waals surface area contributed by atoms with Crippen molar-refractivity contribution in [2.75, 3.05) is 20.6 Å². The smallest absolute Gasteiger partial charge is 0.166 e. The topological polar surface area (TPSA) is 20.3 Å². The molecule has 86 valence electrons. The molecular weight excluding hydrogens is 222 g/mol. The van der Waals surface area contributed by atoms with Crippen LogP contribution >= 0.6 is 11.6 Å². The van der Waals surface area contributed by atoms with Crippen LogP contribution in [0.1, 0.15) is 22.3 Å². The van der Waals surface area contributed by atoms with Crippen molar-refractivity contribution >= 4 is 17.4 Å². The first-order chi connectivity index (χ1) is 7.58. The van der Waals surface area contributed by atoms with E-state index < -0.39 is 0 Å². The van der Waals surface area contributed by atoms with Crippen molar-refractivity contribution in [1.82, 2.24) is 4.90 Å². The Labute approximate surface area is 101 Å². The molecule has 0 radical (unpaired) electrons. The van der Waals surface area contributed by atoms with E-state index in [0.717, 1.165) is 30.5 Å². The number of nitrogens with zero attached hydrogens (tertiary/aromatic N) is 1. The fourth-order valence-electron chi connectivity index (χ4n) is 2.18. The van der Waals surface area contributed by atoms with Crippen LogP contribution < -0.4 is 0 Å². The number of fused-ring (bicyclic) bond motifs is 1. The Morgan fingerprint density at radius 1 is 1.44 bits per heavy atom. The molecule has 0 fully saturated rings. The molecule has 0 saturated carbocycles. The maximum absolute atomic E-state index is 12.1. The minimum atomic E-state index is 0.149. The lowest BCUT2D eigenvalue weighted by atomic mass is 10.0. The van der Waals surface area contributed by atoms with E-state index in [-0.39, 0.29) is 11.7 Å². The van der Waals surface area contributed by atoms with Gasteiger partial charge in [-0.1, -0.05) is 17.7 Å². The zero-order chi connectivity index (χ0) is 11.7. The summed E-state index contributed by atoms with van der Waals surface area (Å²) in [7, 11) is 4.06. The first-order valence-corrected chi connectivity index (χ1v) is 5.93. The summed E-state index contributed by atoms with van der Waals surface area (Å²) >= 11 is 5.90. The van der Waals surface area contributed by atoms with E-state index >= 15 is 0 Å². The normalized spacial score (nSPS) is 19.2. The number of carbonyl (C=O) groups excluding carboxylic acids is 1. The standard InChI is InChI=1S/C13H16ClNO/c1-15(2)6-5-10-7-9-3-4-11(14)8-12(9)13(10)16/h3-4,8,10H,5-7H2,1-2H3/t10-/m0/s1. The SMILES string of the molecule is CN(C)CC[C@H]1Cc2ccc(Cl)cc2C1=O. The van der Waals surface area contributed by atoms with Crippen LogP contribution in [0.2, 0.25) is 5.02 Å². The highest BCUT2D eigenvalue weighted by molar-refractivity contribution is 6.31. The Morgan fingerprint density at radius 3 is 2.88 bits per heavy atom. The van der Waals surface area contributed by atoms with E-state index in [9.17, 15) is 4.79 Å².